The number of benzene rings is 2. The summed E-state index contributed by atoms with van der Waals surface area (Å²) in [4.78, 5) is 22.9. The summed E-state index contributed by atoms with van der Waals surface area (Å²) in [5, 5.41) is 23.1. The highest BCUT2D eigenvalue weighted by molar-refractivity contribution is 6.32. The summed E-state index contributed by atoms with van der Waals surface area (Å²) in [6.07, 6.45) is 1.29. The number of nitro benzene ring substituents is 1. The van der Waals surface area contributed by atoms with Crippen LogP contribution >= 0.6 is 11.6 Å². The number of hydrogen-bond donors (Lipinski definition) is 1. The van der Waals surface area contributed by atoms with Gasteiger partial charge < -0.3 is 14.5 Å². The summed E-state index contributed by atoms with van der Waals surface area (Å²) in [7, 11) is 0. The molecule has 0 fully saturated rings. The molecule has 0 spiro atoms. The topological polar surface area (TPSA) is 118 Å². The van der Waals surface area contributed by atoms with E-state index >= 15 is 0 Å². The van der Waals surface area contributed by atoms with Crippen molar-refractivity contribution in [1.82, 2.24) is 0 Å². The molecule has 0 saturated heterocycles. The first kappa shape index (κ1) is 21.6. The Balaban J connectivity index is 1.78. The van der Waals surface area contributed by atoms with Gasteiger partial charge in [0.25, 0.3) is 11.6 Å². The number of carbonyl (C=O) groups excluding carboxylic acids is 1. The lowest BCUT2D eigenvalue weighted by Crippen LogP contribution is -2.13. The van der Waals surface area contributed by atoms with Gasteiger partial charge in [0.05, 0.1) is 11.5 Å². The molecule has 31 heavy (non-hydrogen) atoms. The van der Waals surface area contributed by atoms with Crippen LogP contribution in [0.5, 0.6) is 5.75 Å². The molecule has 0 aliphatic heterocycles. The van der Waals surface area contributed by atoms with Crippen LogP contribution in [0.3, 0.4) is 0 Å². The molecule has 1 N–H and O–H groups in total. The zero-order valence-electron chi connectivity index (χ0n) is 16.3. The third-order valence-corrected chi connectivity index (χ3v) is 4.45. The van der Waals surface area contributed by atoms with Crippen LogP contribution in [0.15, 0.2) is 64.6 Å². The number of amides is 1. The van der Waals surface area contributed by atoms with Gasteiger partial charge in [0.2, 0.25) is 0 Å². The average Bonchev–Trinajstić information content (AvgIpc) is 3.22. The zero-order chi connectivity index (χ0) is 22.4. The van der Waals surface area contributed by atoms with Crippen LogP contribution in [-0.4, -0.2) is 17.4 Å². The Morgan fingerprint density at radius 3 is 2.65 bits per heavy atom. The minimum Gasteiger partial charge on any atom is -0.494 e. The molecule has 0 unspecified atom stereocenters. The van der Waals surface area contributed by atoms with Crippen molar-refractivity contribution in [2.24, 2.45) is 0 Å². The van der Waals surface area contributed by atoms with Gasteiger partial charge in [-0.1, -0.05) is 11.6 Å². The van der Waals surface area contributed by atoms with E-state index < -0.39 is 10.8 Å². The smallest absolute Gasteiger partial charge is 0.288 e. The number of rotatable bonds is 7. The second-order valence-corrected chi connectivity index (χ2v) is 6.61. The first-order valence-corrected chi connectivity index (χ1v) is 9.49. The number of ether oxygens (including phenoxy) is 1. The van der Waals surface area contributed by atoms with E-state index in [2.05, 4.69) is 5.32 Å². The predicted molar refractivity (Wildman–Crippen MR) is 116 cm³/mol. The molecule has 0 atom stereocenters. The number of halogens is 1. The quantitative estimate of drug-likeness (QED) is 0.227. The van der Waals surface area contributed by atoms with Crippen molar-refractivity contribution in [3.63, 3.8) is 0 Å². The molecule has 0 bridgehead atoms. The van der Waals surface area contributed by atoms with Crippen LogP contribution in [0.2, 0.25) is 5.02 Å². The molecule has 0 aliphatic carbocycles. The summed E-state index contributed by atoms with van der Waals surface area (Å²) in [6, 6.07) is 16.0. The van der Waals surface area contributed by atoms with Gasteiger partial charge in [-0.15, -0.1) is 0 Å². The van der Waals surface area contributed by atoms with Crippen LogP contribution in [0.25, 0.3) is 17.4 Å². The Hall–Kier alpha value is -4.09. The summed E-state index contributed by atoms with van der Waals surface area (Å²) >= 11 is 5.83. The zero-order valence-corrected chi connectivity index (χ0v) is 17.1. The van der Waals surface area contributed by atoms with Crippen molar-refractivity contribution in [3.8, 4) is 23.1 Å². The summed E-state index contributed by atoms with van der Waals surface area (Å²) < 4.78 is 11.0. The van der Waals surface area contributed by atoms with E-state index in [1.165, 1.54) is 18.2 Å². The average molecular weight is 438 g/mol. The molecular formula is C22H16ClN3O5. The number of nitriles is 1. The number of nitro groups is 1. The van der Waals surface area contributed by atoms with E-state index in [0.29, 0.717) is 29.4 Å². The fraction of sp³-hybridized carbons (Fsp3) is 0.0909. The number of furan rings is 1. The molecule has 1 aromatic heterocycles. The van der Waals surface area contributed by atoms with Crippen molar-refractivity contribution in [3.05, 3.63) is 81.1 Å². The SMILES string of the molecule is CCOc1ccc(NC(=O)/C(C#N)=C/c2ccc(-c3ccc(Cl)c([N+](=O)[O-])c3)o2)cc1. The van der Waals surface area contributed by atoms with Gasteiger partial charge >= 0.3 is 0 Å². The molecule has 3 aromatic rings. The van der Waals surface area contributed by atoms with Gasteiger partial charge in [-0.05, 0) is 55.5 Å². The maximum atomic E-state index is 12.4. The van der Waals surface area contributed by atoms with Crippen molar-refractivity contribution in [2.75, 3.05) is 11.9 Å². The van der Waals surface area contributed by atoms with E-state index in [0.717, 1.165) is 0 Å². The Morgan fingerprint density at radius 2 is 2.00 bits per heavy atom. The number of nitrogens with one attached hydrogen (secondary N) is 1. The molecular weight excluding hydrogens is 422 g/mol. The molecule has 1 amide bonds. The van der Waals surface area contributed by atoms with Crippen LogP contribution in [0.4, 0.5) is 11.4 Å². The second kappa shape index (κ2) is 9.61. The summed E-state index contributed by atoms with van der Waals surface area (Å²) in [5.74, 6) is 0.634. The van der Waals surface area contributed by atoms with E-state index in [4.69, 9.17) is 20.8 Å². The maximum absolute atomic E-state index is 12.4. The Labute approximate surface area is 182 Å². The molecule has 8 nitrogen and oxygen atoms in total. The van der Waals surface area contributed by atoms with Crippen LogP contribution in [0.1, 0.15) is 12.7 Å². The number of hydrogen-bond acceptors (Lipinski definition) is 6. The highest BCUT2D eigenvalue weighted by atomic mass is 35.5. The molecule has 0 aliphatic rings. The Bertz CT molecular complexity index is 1190. The first-order chi connectivity index (χ1) is 14.9. The van der Waals surface area contributed by atoms with Crippen LogP contribution in [0, 0.1) is 21.4 Å². The van der Waals surface area contributed by atoms with Gasteiger partial charge in [0.1, 0.15) is 33.9 Å². The van der Waals surface area contributed by atoms with Crippen molar-refractivity contribution in [1.29, 1.82) is 5.26 Å². The van der Waals surface area contributed by atoms with Gasteiger partial charge in [-0.3, -0.25) is 14.9 Å². The summed E-state index contributed by atoms with van der Waals surface area (Å²) in [5.41, 5.74) is 0.522. The number of nitrogens with zero attached hydrogens (tertiary/aromatic N) is 2. The van der Waals surface area contributed by atoms with Crippen molar-refractivity contribution >= 4 is 35.0 Å². The highest BCUT2D eigenvalue weighted by Crippen LogP contribution is 2.31. The molecule has 0 saturated carbocycles. The lowest BCUT2D eigenvalue weighted by atomic mass is 10.1. The van der Waals surface area contributed by atoms with Gasteiger partial charge in [0.15, 0.2) is 0 Å². The van der Waals surface area contributed by atoms with Crippen LogP contribution in [-0.2, 0) is 4.79 Å². The predicted octanol–water partition coefficient (Wildman–Crippen LogP) is 5.45. The Morgan fingerprint density at radius 1 is 1.26 bits per heavy atom. The standard InChI is InChI=1S/C22H16ClN3O5/c1-2-30-17-6-4-16(5-7-17)25-22(27)15(13-24)11-18-8-10-21(31-18)14-3-9-19(23)20(12-14)26(28)29/h3-12H,2H2,1H3,(H,25,27)/b15-11+. The van der Waals surface area contributed by atoms with Crippen molar-refractivity contribution in [2.45, 2.75) is 6.92 Å². The summed E-state index contributed by atoms with van der Waals surface area (Å²) in [6.45, 7) is 2.40. The Kier molecular flexibility index (Phi) is 6.70. The minimum atomic E-state index is -0.605. The highest BCUT2D eigenvalue weighted by Gasteiger charge is 2.16. The second-order valence-electron chi connectivity index (χ2n) is 6.21. The molecule has 0 radical (unpaired) electrons. The molecule has 2 aromatic carbocycles. The monoisotopic (exact) mass is 437 g/mol. The molecule has 156 valence electrons. The number of carbonyl (C=O) groups is 1. The minimum absolute atomic E-state index is 0.0122. The molecule has 1 heterocycles. The van der Waals surface area contributed by atoms with E-state index in [-0.39, 0.29) is 22.0 Å². The van der Waals surface area contributed by atoms with Crippen LogP contribution < -0.4 is 10.1 Å². The van der Waals surface area contributed by atoms with E-state index in [1.54, 1.807) is 42.5 Å². The largest absolute Gasteiger partial charge is 0.494 e. The molecule has 9 heteroatoms. The van der Waals surface area contributed by atoms with Gasteiger partial charge in [0, 0.05) is 23.4 Å². The van der Waals surface area contributed by atoms with Gasteiger partial charge in [-0.25, -0.2) is 0 Å². The maximum Gasteiger partial charge on any atom is 0.288 e. The third kappa shape index (κ3) is 5.29. The fourth-order valence-electron chi connectivity index (χ4n) is 2.68. The normalized spacial score (nSPS) is 10.9. The lowest BCUT2D eigenvalue weighted by Gasteiger charge is -2.06. The molecule has 3 rings (SSSR count). The van der Waals surface area contributed by atoms with E-state index in [9.17, 15) is 20.2 Å². The first-order valence-electron chi connectivity index (χ1n) is 9.11. The van der Waals surface area contributed by atoms with Gasteiger partial charge in [-0.2, -0.15) is 5.26 Å². The van der Waals surface area contributed by atoms with Crippen molar-refractivity contribution < 1.29 is 18.9 Å². The van der Waals surface area contributed by atoms with E-state index in [1.807, 2.05) is 13.0 Å². The lowest BCUT2D eigenvalue weighted by molar-refractivity contribution is -0.384. The fourth-order valence-corrected chi connectivity index (χ4v) is 2.87. The number of anilines is 1. The third-order valence-electron chi connectivity index (χ3n) is 4.13.